The molecule has 0 spiro atoms. The molecule has 29 heavy (non-hydrogen) atoms. The summed E-state index contributed by atoms with van der Waals surface area (Å²) in [6.07, 6.45) is 6.68. The molecule has 0 fully saturated rings. The lowest BCUT2D eigenvalue weighted by molar-refractivity contribution is -0.122. The van der Waals surface area contributed by atoms with Crippen LogP contribution in [0.15, 0.2) is 49.1 Å². The van der Waals surface area contributed by atoms with Gasteiger partial charge in [0.2, 0.25) is 0 Å². The van der Waals surface area contributed by atoms with Gasteiger partial charge in [0.1, 0.15) is 0 Å². The van der Waals surface area contributed by atoms with E-state index in [0.717, 1.165) is 0 Å². The second-order valence-electron chi connectivity index (χ2n) is 6.65. The minimum atomic E-state index is -0.658. The van der Waals surface area contributed by atoms with Gasteiger partial charge >= 0.3 is 0 Å². The van der Waals surface area contributed by atoms with Crippen LogP contribution >= 0.6 is 0 Å². The molecule has 2 heterocycles. The Morgan fingerprint density at radius 1 is 0.724 bits per heavy atom. The Labute approximate surface area is 169 Å². The molecule has 0 aliphatic carbocycles. The lowest BCUT2D eigenvalue weighted by Gasteiger charge is -2.14. The molecule has 0 radical (unpaired) electrons. The number of hydrogen-bond acceptors (Lipinski definition) is 6. The van der Waals surface area contributed by atoms with E-state index in [-0.39, 0.29) is 36.2 Å². The minimum absolute atomic E-state index is 0.159. The predicted octanol–water partition coefficient (Wildman–Crippen LogP) is 1.72. The van der Waals surface area contributed by atoms with Crippen LogP contribution in [-0.4, -0.2) is 45.4 Å². The van der Waals surface area contributed by atoms with E-state index in [4.69, 9.17) is 0 Å². The quantitative estimate of drug-likeness (QED) is 0.631. The molecule has 8 nitrogen and oxygen atoms in total. The first-order valence-electron chi connectivity index (χ1n) is 9.35. The summed E-state index contributed by atoms with van der Waals surface area (Å²) < 4.78 is 0. The molecule has 0 aliphatic heterocycles. The molecular weight excluding hydrogens is 372 g/mol. The topological polar surface area (TPSA) is 118 Å². The number of carbonyl (C=O) groups is 4. The van der Waals surface area contributed by atoms with Crippen molar-refractivity contribution in [3.05, 3.63) is 60.2 Å². The number of ketones is 2. The highest BCUT2D eigenvalue weighted by atomic mass is 16.2. The summed E-state index contributed by atoms with van der Waals surface area (Å²) in [5.41, 5.74) is 0.849. The molecule has 0 aliphatic rings. The Kier molecular flexibility index (Phi) is 8.14. The van der Waals surface area contributed by atoms with Gasteiger partial charge in [-0.25, -0.2) is 0 Å². The lowest BCUT2D eigenvalue weighted by Crippen LogP contribution is -2.39. The van der Waals surface area contributed by atoms with E-state index in [1.54, 1.807) is 38.1 Å². The Bertz CT molecular complexity index is 784. The molecule has 0 saturated heterocycles. The van der Waals surface area contributed by atoms with Gasteiger partial charge in [-0.15, -0.1) is 0 Å². The fourth-order valence-electron chi connectivity index (χ4n) is 2.60. The van der Waals surface area contributed by atoms with Crippen LogP contribution < -0.4 is 10.6 Å². The van der Waals surface area contributed by atoms with Gasteiger partial charge in [-0.2, -0.15) is 0 Å². The third-order valence-electron chi connectivity index (χ3n) is 4.39. The van der Waals surface area contributed by atoms with Crippen LogP contribution in [0.5, 0.6) is 0 Å². The third kappa shape index (κ3) is 6.91. The molecule has 0 aromatic carbocycles. The van der Waals surface area contributed by atoms with E-state index in [2.05, 4.69) is 20.6 Å². The van der Waals surface area contributed by atoms with E-state index in [9.17, 15) is 19.2 Å². The summed E-state index contributed by atoms with van der Waals surface area (Å²) in [4.78, 5) is 56.2. The van der Waals surface area contributed by atoms with Crippen LogP contribution in [0, 0.1) is 0 Å². The Morgan fingerprint density at radius 2 is 1.07 bits per heavy atom. The Morgan fingerprint density at radius 3 is 1.41 bits per heavy atom. The standard InChI is InChI=1S/C21H24N4O4/c1-14(24-20(28)16-6-10-22-11-7-16)18(26)4-3-5-19(27)15(2)25-21(29)17-8-12-23-13-9-17/h6-15H,3-5H2,1-2H3,(H,24,28)(H,25,29)/t14-,15-/m0/s1. The molecule has 2 aromatic rings. The fourth-order valence-corrected chi connectivity index (χ4v) is 2.60. The largest absolute Gasteiger partial charge is 0.343 e. The van der Waals surface area contributed by atoms with Crippen molar-refractivity contribution in [2.75, 3.05) is 0 Å². The van der Waals surface area contributed by atoms with Crippen molar-refractivity contribution in [1.82, 2.24) is 20.6 Å². The maximum Gasteiger partial charge on any atom is 0.251 e. The summed E-state index contributed by atoms with van der Waals surface area (Å²) in [6.45, 7) is 3.22. The van der Waals surface area contributed by atoms with Gasteiger partial charge < -0.3 is 10.6 Å². The van der Waals surface area contributed by atoms with Crippen LogP contribution in [0.25, 0.3) is 0 Å². The lowest BCUT2D eigenvalue weighted by atomic mass is 10.0. The number of hydrogen-bond donors (Lipinski definition) is 2. The van der Waals surface area contributed by atoms with Crippen molar-refractivity contribution in [2.45, 2.75) is 45.2 Å². The zero-order valence-electron chi connectivity index (χ0n) is 16.4. The number of nitrogens with zero attached hydrogens (tertiary/aromatic N) is 2. The van der Waals surface area contributed by atoms with Gasteiger partial charge in [0.25, 0.3) is 11.8 Å². The summed E-state index contributed by atoms with van der Waals surface area (Å²) in [7, 11) is 0. The predicted molar refractivity (Wildman–Crippen MR) is 106 cm³/mol. The summed E-state index contributed by atoms with van der Waals surface area (Å²) in [6, 6.07) is 4.93. The molecular formula is C21H24N4O4. The number of pyridine rings is 2. The summed E-state index contributed by atoms with van der Waals surface area (Å²) in [5, 5.41) is 5.28. The van der Waals surface area contributed by atoms with E-state index in [1.165, 1.54) is 24.8 Å². The van der Waals surface area contributed by atoms with Gasteiger partial charge in [0.15, 0.2) is 11.6 Å². The van der Waals surface area contributed by atoms with Crippen LogP contribution in [0.4, 0.5) is 0 Å². The molecule has 2 N–H and O–H groups in total. The Balaban J connectivity index is 1.72. The first-order valence-corrected chi connectivity index (χ1v) is 9.35. The van der Waals surface area contributed by atoms with Crippen molar-refractivity contribution in [3.63, 3.8) is 0 Å². The second kappa shape index (κ2) is 10.8. The SMILES string of the molecule is C[C@H](NC(=O)c1ccncc1)C(=O)CCCC(=O)[C@H](C)NC(=O)c1ccncc1. The summed E-state index contributed by atoms with van der Waals surface area (Å²) >= 11 is 0. The highest BCUT2D eigenvalue weighted by Crippen LogP contribution is 2.05. The highest BCUT2D eigenvalue weighted by Gasteiger charge is 2.19. The van der Waals surface area contributed by atoms with Crippen LogP contribution in [0.1, 0.15) is 53.8 Å². The first kappa shape index (κ1) is 21.9. The van der Waals surface area contributed by atoms with E-state index >= 15 is 0 Å². The smallest absolute Gasteiger partial charge is 0.251 e. The number of nitrogens with one attached hydrogen (secondary N) is 2. The van der Waals surface area contributed by atoms with Crippen molar-refractivity contribution < 1.29 is 19.2 Å². The number of carbonyl (C=O) groups excluding carboxylic acids is 4. The molecule has 2 atom stereocenters. The number of amides is 2. The van der Waals surface area contributed by atoms with Gasteiger partial charge in [0.05, 0.1) is 12.1 Å². The van der Waals surface area contributed by atoms with Gasteiger partial charge in [0, 0.05) is 48.8 Å². The van der Waals surface area contributed by atoms with Crippen molar-refractivity contribution >= 4 is 23.4 Å². The van der Waals surface area contributed by atoms with Crippen molar-refractivity contribution in [3.8, 4) is 0 Å². The van der Waals surface area contributed by atoms with Crippen molar-refractivity contribution in [2.24, 2.45) is 0 Å². The van der Waals surface area contributed by atoms with E-state index < -0.39 is 12.1 Å². The molecule has 2 aromatic heterocycles. The average molecular weight is 396 g/mol. The van der Waals surface area contributed by atoms with E-state index in [0.29, 0.717) is 17.5 Å². The second-order valence-corrected chi connectivity index (χ2v) is 6.65. The molecule has 2 rings (SSSR count). The average Bonchev–Trinajstić information content (AvgIpc) is 2.74. The monoisotopic (exact) mass is 396 g/mol. The summed E-state index contributed by atoms with van der Waals surface area (Å²) in [5.74, 6) is -1.02. The van der Waals surface area contributed by atoms with E-state index in [1.807, 2.05) is 0 Å². The number of aromatic nitrogens is 2. The maximum absolute atomic E-state index is 12.2. The van der Waals surface area contributed by atoms with Crippen LogP contribution in [0.3, 0.4) is 0 Å². The molecule has 0 saturated carbocycles. The van der Waals surface area contributed by atoms with Crippen molar-refractivity contribution in [1.29, 1.82) is 0 Å². The third-order valence-corrected chi connectivity index (χ3v) is 4.39. The zero-order valence-corrected chi connectivity index (χ0v) is 16.4. The van der Waals surface area contributed by atoms with Gasteiger partial charge in [-0.3, -0.25) is 29.1 Å². The van der Waals surface area contributed by atoms with Crippen LogP contribution in [0.2, 0.25) is 0 Å². The number of rotatable bonds is 10. The first-order chi connectivity index (χ1) is 13.9. The van der Waals surface area contributed by atoms with Gasteiger partial charge in [-0.1, -0.05) is 0 Å². The number of Topliss-reactive ketones (excluding diaryl/α,β-unsaturated/α-hetero) is 2. The minimum Gasteiger partial charge on any atom is -0.343 e. The van der Waals surface area contributed by atoms with Gasteiger partial charge in [-0.05, 0) is 44.5 Å². The van der Waals surface area contributed by atoms with Crippen LogP contribution in [-0.2, 0) is 9.59 Å². The molecule has 152 valence electrons. The Hall–Kier alpha value is -3.42. The normalized spacial score (nSPS) is 12.5. The molecule has 0 bridgehead atoms. The maximum atomic E-state index is 12.2. The molecule has 8 heteroatoms. The molecule has 2 amide bonds. The fraction of sp³-hybridized carbons (Fsp3) is 0.333. The molecule has 0 unspecified atom stereocenters. The zero-order chi connectivity index (χ0) is 21.2. The highest BCUT2D eigenvalue weighted by molar-refractivity contribution is 5.98.